The minimum atomic E-state index is -0.622. The molecule has 1 aliphatic heterocycles. The number of esters is 2. The van der Waals surface area contributed by atoms with Gasteiger partial charge in [-0.1, -0.05) is 12.1 Å². The summed E-state index contributed by atoms with van der Waals surface area (Å²) in [5, 5.41) is 9.52. The van der Waals surface area contributed by atoms with Crippen LogP contribution in [-0.4, -0.2) is 35.8 Å². The Morgan fingerprint density at radius 1 is 1.08 bits per heavy atom. The molecule has 9 heteroatoms. The summed E-state index contributed by atoms with van der Waals surface area (Å²) in [6.45, 7) is 3.46. The molecular weight excluding hydrogens is 466 g/mol. The van der Waals surface area contributed by atoms with Crippen LogP contribution in [0.4, 0.5) is 0 Å². The molecule has 1 aromatic heterocycles. The van der Waals surface area contributed by atoms with E-state index in [1.807, 2.05) is 12.1 Å². The van der Waals surface area contributed by atoms with Crippen molar-refractivity contribution in [2.24, 2.45) is 0 Å². The van der Waals surface area contributed by atoms with Gasteiger partial charge in [0.15, 0.2) is 11.5 Å². The number of rotatable bonds is 7. The number of ether oxygens (including phenoxy) is 4. The molecule has 36 heavy (non-hydrogen) atoms. The van der Waals surface area contributed by atoms with Crippen molar-refractivity contribution in [3.8, 4) is 28.7 Å². The van der Waals surface area contributed by atoms with Crippen molar-refractivity contribution in [3.63, 3.8) is 0 Å². The zero-order valence-corrected chi connectivity index (χ0v) is 20.5. The summed E-state index contributed by atoms with van der Waals surface area (Å²) < 4.78 is 23.2. The molecule has 0 fully saturated rings. The molecule has 2 heterocycles. The Balaban J connectivity index is 1.79. The molecule has 0 saturated heterocycles. The monoisotopic (exact) mass is 493 g/mol. The summed E-state index contributed by atoms with van der Waals surface area (Å²) in [5.74, 6) is -0.640. The zero-order chi connectivity index (χ0) is 26.0. The predicted molar refractivity (Wildman–Crippen MR) is 130 cm³/mol. The highest BCUT2D eigenvalue weighted by atomic mass is 16.6. The van der Waals surface area contributed by atoms with E-state index in [4.69, 9.17) is 18.9 Å². The third kappa shape index (κ3) is 4.91. The molecule has 1 N–H and O–H groups in total. The Morgan fingerprint density at radius 2 is 1.72 bits per heavy atom. The topological polar surface area (TPSA) is 113 Å². The number of fused-ring (bicyclic) bond motifs is 1. The number of phenolic OH excluding ortho intramolecular Hbond substituents is 1. The summed E-state index contributed by atoms with van der Waals surface area (Å²) in [6.07, 6.45) is 0.519. The van der Waals surface area contributed by atoms with Crippen molar-refractivity contribution in [2.45, 2.75) is 39.2 Å². The van der Waals surface area contributed by atoms with Gasteiger partial charge < -0.3 is 28.6 Å². The number of carbonyl (C=O) groups is 2. The number of carbonyl (C=O) groups excluding carboxylic acids is 2. The van der Waals surface area contributed by atoms with Crippen molar-refractivity contribution in [3.05, 3.63) is 75.2 Å². The summed E-state index contributed by atoms with van der Waals surface area (Å²) in [6, 6.07) is 11.8. The molecule has 0 radical (unpaired) electrons. The summed E-state index contributed by atoms with van der Waals surface area (Å²) in [7, 11) is 2.85. The van der Waals surface area contributed by atoms with Crippen LogP contribution in [0.1, 0.15) is 41.6 Å². The minimum Gasteiger partial charge on any atom is -0.508 e. The number of phenols is 1. The minimum absolute atomic E-state index is 0.0531. The Bertz CT molecular complexity index is 1350. The molecule has 1 unspecified atom stereocenters. The number of aromatic hydroxyl groups is 1. The average Bonchev–Trinajstić information content (AvgIpc) is 2.84. The van der Waals surface area contributed by atoms with E-state index in [1.165, 1.54) is 21.1 Å². The van der Waals surface area contributed by atoms with Crippen LogP contribution >= 0.6 is 0 Å². The van der Waals surface area contributed by atoms with Gasteiger partial charge in [-0.25, -0.2) is 0 Å². The molecule has 0 aliphatic carbocycles. The summed E-state index contributed by atoms with van der Waals surface area (Å²) in [4.78, 5) is 37.8. The summed E-state index contributed by atoms with van der Waals surface area (Å²) >= 11 is 0. The number of methoxy groups -OCH3 is 2. The molecule has 1 atom stereocenters. The second-order valence-electron chi connectivity index (χ2n) is 8.52. The first kappa shape index (κ1) is 24.8. The van der Waals surface area contributed by atoms with Gasteiger partial charge in [0.1, 0.15) is 11.5 Å². The third-order valence-electron chi connectivity index (χ3n) is 6.14. The lowest BCUT2D eigenvalue weighted by molar-refractivity contribution is -0.135. The fraction of sp³-hybridized carbons (Fsp3) is 0.296. The van der Waals surface area contributed by atoms with E-state index in [0.717, 1.165) is 5.56 Å². The largest absolute Gasteiger partial charge is 0.508 e. The lowest BCUT2D eigenvalue weighted by Gasteiger charge is -2.27. The van der Waals surface area contributed by atoms with Crippen LogP contribution in [-0.2, 0) is 22.6 Å². The van der Waals surface area contributed by atoms with Crippen LogP contribution < -0.4 is 24.5 Å². The highest BCUT2D eigenvalue weighted by Crippen LogP contribution is 2.44. The van der Waals surface area contributed by atoms with Crippen LogP contribution in [0.5, 0.6) is 28.7 Å². The average molecular weight is 494 g/mol. The molecule has 0 bridgehead atoms. The Labute approximate surface area is 207 Å². The van der Waals surface area contributed by atoms with Crippen molar-refractivity contribution >= 4 is 11.9 Å². The number of pyridine rings is 1. The van der Waals surface area contributed by atoms with Crippen LogP contribution in [0.3, 0.4) is 0 Å². The second kappa shape index (κ2) is 10.2. The lowest BCUT2D eigenvalue weighted by atomic mass is 9.86. The highest BCUT2D eigenvalue weighted by Gasteiger charge is 2.34. The van der Waals surface area contributed by atoms with Gasteiger partial charge in [0, 0.05) is 31.1 Å². The maximum absolute atomic E-state index is 13.7. The SMILES string of the molecule is COc1cc(C2CC(=O)Oc3cc(C)n(CCc4ccc(O)cc4)c(=O)c32)cc(OC)c1OC(C)=O. The third-order valence-corrected chi connectivity index (χ3v) is 6.14. The number of benzene rings is 2. The number of aryl methyl sites for hydroxylation is 2. The van der Waals surface area contributed by atoms with Crippen LogP contribution in [0.25, 0.3) is 0 Å². The highest BCUT2D eigenvalue weighted by molar-refractivity contribution is 5.78. The van der Waals surface area contributed by atoms with Gasteiger partial charge in [-0.3, -0.25) is 14.4 Å². The van der Waals surface area contributed by atoms with Gasteiger partial charge in [0.2, 0.25) is 5.75 Å². The second-order valence-corrected chi connectivity index (χ2v) is 8.52. The Morgan fingerprint density at radius 3 is 2.31 bits per heavy atom. The van der Waals surface area contributed by atoms with Crippen molar-refractivity contribution in [2.75, 3.05) is 14.2 Å². The molecular formula is C27H27NO8. The molecule has 3 aromatic rings. The fourth-order valence-corrected chi connectivity index (χ4v) is 4.41. The zero-order valence-electron chi connectivity index (χ0n) is 20.5. The van der Waals surface area contributed by atoms with Crippen molar-refractivity contribution in [1.29, 1.82) is 0 Å². The molecule has 4 rings (SSSR count). The predicted octanol–water partition coefficient (Wildman–Crippen LogP) is 3.49. The van der Waals surface area contributed by atoms with Gasteiger partial charge >= 0.3 is 11.9 Å². The maximum atomic E-state index is 13.7. The molecule has 188 valence electrons. The molecule has 9 nitrogen and oxygen atoms in total. The maximum Gasteiger partial charge on any atom is 0.312 e. The van der Waals surface area contributed by atoms with E-state index in [0.29, 0.717) is 29.8 Å². The first-order valence-electron chi connectivity index (χ1n) is 11.4. The number of nitrogens with zero attached hydrogens (tertiary/aromatic N) is 1. The van der Waals surface area contributed by atoms with Crippen molar-refractivity contribution in [1.82, 2.24) is 4.57 Å². The Kier molecular flexibility index (Phi) is 7.00. The van der Waals surface area contributed by atoms with E-state index in [-0.39, 0.29) is 40.7 Å². The van der Waals surface area contributed by atoms with E-state index < -0.39 is 17.9 Å². The number of hydrogen-bond donors (Lipinski definition) is 1. The van der Waals surface area contributed by atoms with E-state index in [2.05, 4.69) is 0 Å². The first-order valence-corrected chi connectivity index (χ1v) is 11.4. The van der Waals surface area contributed by atoms with Crippen LogP contribution in [0, 0.1) is 6.92 Å². The van der Waals surface area contributed by atoms with Gasteiger partial charge in [0.05, 0.1) is 26.2 Å². The van der Waals surface area contributed by atoms with Crippen LogP contribution in [0.2, 0.25) is 0 Å². The quantitative estimate of drug-likeness (QED) is 0.393. The van der Waals surface area contributed by atoms with E-state index >= 15 is 0 Å². The molecule has 0 spiro atoms. The first-order chi connectivity index (χ1) is 17.2. The molecule has 0 amide bonds. The van der Waals surface area contributed by atoms with Crippen molar-refractivity contribution < 1.29 is 33.6 Å². The van der Waals surface area contributed by atoms with Gasteiger partial charge in [-0.2, -0.15) is 0 Å². The normalized spacial score (nSPS) is 14.6. The van der Waals surface area contributed by atoms with Crippen LogP contribution in [0.15, 0.2) is 47.3 Å². The molecule has 2 aromatic carbocycles. The van der Waals surface area contributed by atoms with Gasteiger partial charge in [-0.05, 0) is 48.7 Å². The Hall–Kier alpha value is -4.27. The van der Waals surface area contributed by atoms with E-state index in [9.17, 15) is 19.5 Å². The number of hydrogen-bond acceptors (Lipinski definition) is 8. The van der Waals surface area contributed by atoms with Gasteiger partial charge in [-0.15, -0.1) is 0 Å². The summed E-state index contributed by atoms with van der Waals surface area (Å²) in [5.41, 5.74) is 2.31. The smallest absolute Gasteiger partial charge is 0.312 e. The lowest BCUT2D eigenvalue weighted by Crippen LogP contribution is -2.33. The fourth-order valence-electron chi connectivity index (χ4n) is 4.41. The van der Waals surface area contributed by atoms with Gasteiger partial charge in [0.25, 0.3) is 5.56 Å². The number of aromatic nitrogens is 1. The molecule has 0 saturated carbocycles. The van der Waals surface area contributed by atoms with E-state index in [1.54, 1.807) is 41.8 Å². The molecule has 1 aliphatic rings. The standard InChI is InChI=1S/C27H27NO8/c1-15-11-21-25(27(32)28(15)10-9-17-5-7-19(30)8-6-17)20(14-24(31)36-21)18-12-22(33-3)26(35-16(2)29)23(13-18)34-4/h5-8,11-13,20,30H,9-10,14H2,1-4H3.